The first-order valence-electron chi connectivity index (χ1n) is 9.10. The molecule has 130 valence electrons. The summed E-state index contributed by atoms with van der Waals surface area (Å²) in [6, 6.07) is 0.867. The molecule has 2 saturated carbocycles. The molecule has 0 saturated heterocycles. The highest BCUT2D eigenvalue weighted by atomic mass is 15.4. The Kier molecular flexibility index (Phi) is 3.66. The SMILES string of the molecule is CC(C)N(C)c1n(C)c2c([N-]C3C[C@H]4CC[C@@H]3C4)ncnc2[n+]1C. The summed E-state index contributed by atoms with van der Waals surface area (Å²) >= 11 is 0. The Hall–Kier alpha value is -1.85. The van der Waals surface area contributed by atoms with Gasteiger partial charge in [0.1, 0.15) is 0 Å². The second-order valence-corrected chi connectivity index (χ2v) is 7.86. The van der Waals surface area contributed by atoms with Gasteiger partial charge in [0.2, 0.25) is 0 Å². The van der Waals surface area contributed by atoms with Crippen LogP contribution >= 0.6 is 0 Å². The average molecular weight is 328 g/mol. The molecule has 0 amide bonds. The maximum Gasteiger partial charge on any atom is 0.319 e. The van der Waals surface area contributed by atoms with Crippen molar-refractivity contribution in [1.29, 1.82) is 0 Å². The van der Waals surface area contributed by atoms with Gasteiger partial charge in [-0.25, -0.2) is 9.13 Å². The smallest absolute Gasteiger partial charge is 0.319 e. The van der Waals surface area contributed by atoms with Crippen LogP contribution in [0.3, 0.4) is 0 Å². The third-order valence-corrected chi connectivity index (χ3v) is 6.12. The lowest BCUT2D eigenvalue weighted by Crippen LogP contribution is -2.40. The molecule has 2 heterocycles. The van der Waals surface area contributed by atoms with Gasteiger partial charge in [0.05, 0.1) is 19.4 Å². The van der Waals surface area contributed by atoms with Crippen molar-refractivity contribution in [3.63, 3.8) is 0 Å². The molecular weight excluding hydrogens is 300 g/mol. The molecule has 3 atom stereocenters. The van der Waals surface area contributed by atoms with E-state index < -0.39 is 0 Å². The van der Waals surface area contributed by atoms with Crippen LogP contribution in [0.25, 0.3) is 16.5 Å². The third-order valence-electron chi connectivity index (χ3n) is 6.12. The molecule has 6 nitrogen and oxygen atoms in total. The summed E-state index contributed by atoms with van der Waals surface area (Å²) in [6.45, 7) is 4.40. The quantitative estimate of drug-likeness (QED) is 0.811. The fourth-order valence-electron chi connectivity index (χ4n) is 4.65. The Balaban J connectivity index is 1.75. The first kappa shape index (κ1) is 15.7. The van der Waals surface area contributed by atoms with Gasteiger partial charge in [0.25, 0.3) is 5.65 Å². The van der Waals surface area contributed by atoms with E-state index in [1.54, 1.807) is 6.33 Å². The maximum atomic E-state index is 5.08. The second kappa shape index (κ2) is 5.60. The van der Waals surface area contributed by atoms with Crippen LogP contribution < -0.4 is 9.47 Å². The standard InChI is InChI=1S/C18H28N6/c1-11(2)22(3)18-23(4)15-16(19-10-20-17(15)24(18)5)21-14-9-12-6-7-13(14)8-12/h10-14H,6-9H2,1-5H3/t12-,13+,14?/m0/s1. The van der Waals surface area contributed by atoms with Crippen LogP contribution in [0.4, 0.5) is 11.8 Å². The number of anilines is 1. The molecular formula is C18H28N6. The molecule has 6 heteroatoms. The van der Waals surface area contributed by atoms with Crippen molar-refractivity contribution < 1.29 is 4.57 Å². The van der Waals surface area contributed by atoms with E-state index in [9.17, 15) is 0 Å². The number of aromatic nitrogens is 4. The Labute approximate surface area is 143 Å². The van der Waals surface area contributed by atoms with Crippen LogP contribution in [0.2, 0.25) is 0 Å². The van der Waals surface area contributed by atoms with Gasteiger partial charge in [0.15, 0.2) is 5.52 Å². The molecule has 1 unspecified atom stereocenters. The molecule has 0 aromatic carbocycles. The van der Waals surface area contributed by atoms with Crippen LogP contribution in [0.1, 0.15) is 39.5 Å². The van der Waals surface area contributed by atoms with E-state index in [1.807, 2.05) is 0 Å². The minimum atomic E-state index is 0.415. The van der Waals surface area contributed by atoms with Crippen LogP contribution in [0.15, 0.2) is 6.33 Å². The summed E-state index contributed by atoms with van der Waals surface area (Å²) < 4.78 is 4.35. The normalized spacial score (nSPS) is 25.8. The van der Waals surface area contributed by atoms with Gasteiger partial charge in [-0.15, -0.1) is 4.98 Å². The molecule has 2 aliphatic rings. The topological polar surface area (TPSA) is 51.9 Å². The molecule has 0 aliphatic heterocycles. The monoisotopic (exact) mass is 328 g/mol. The van der Waals surface area contributed by atoms with Crippen molar-refractivity contribution in [3.8, 4) is 0 Å². The number of imidazole rings is 1. The minimum absolute atomic E-state index is 0.415. The van der Waals surface area contributed by atoms with Gasteiger partial charge in [-0.3, -0.25) is 4.90 Å². The van der Waals surface area contributed by atoms with Crippen LogP contribution in [-0.2, 0) is 14.1 Å². The predicted molar refractivity (Wildman–Crippen MR) is 95.5 cm³/mol. The van der Waals surface area contributed by atoms with E-state index in [0.717, 1.165) is 34.8 Å². The lowest BCUT2D eigenvalue weighted by Gasteiger charge is -2.29. The average Bonchev–Trinajstić information content (AvgIpc) is 3.22. The number of nitrogens with zero attached hydrogens (tertiary/aromatic N) is 6. The van der Waals surface area contributed by atoms with Crippen molar-refractivity contribution in [2.45, 2.75) is 51.6 Å². The Bertz CT molecular complexity index is 764. The fraction of sp³-hybridized carbons (Fsp3) is 0.722. The number of hydrogen-bond donors (Lipinski definition) is 0. The first-order chi connectivity index (χ1) is 11.5. The number of rotatable bonds is 4. The lowest BCUT2D eigenvalue weighted by atomic mass is 9.95. The minimum Gasteiger partial charge on any atom is -0.459 e. The van der Waals surface area contributed by atoms with E-state index in [1.165, 1.54) is 25.7 Å². The van der Waals surface area contributed by atoms with Gasteiger partial charge in [-0.2, -0.15) is 0 Å². The van der Waals surface area contributed by atoms with Crippen molar-refractivity contribution >= 4 is 22.9 Å². The molecule has 2 fully saturated rings. The molecule has 0 N–H and O–H groups in total. The maximum absolute atomic E-state index is 5.08. The van der Waals surface area contributed by atoms with Crippen molar-refractivity contribution in [3.05, 3.63) is 11.6 Å². The Morgan fingerprint density at radius 1 is 1.29 bits per heavy atom. The summed E-state index contributed by atoms with van der Waals surface area (Å²) in [6.07, 6.45) is 7.01. The van der Waals surface area contributed by atoms with Gasteiger partial charge in [0, 0.05) is 14.1 Å². The largest absolute Gasteiger partial charge is 0.459 e. The molecule has 2 bridgehead atoms. The van der Waals surface area contributed by atoms with E-state index in [4.69, 9.17) is 5.32 Å². The Morgan fingerprint density at radius 3 is 2.71 bits per heavy atom. The van der Waals surface area contributed by atoms with E-state index in [2.05, 4.69) is 59.0 Å². The summed E-state index contributed by atoms with van der Waals surface area (Å²) in [4.78, 5) is 11.3. The summed E-state index contributed by atoms with van der Waals surface area (Å²) in [5.74, 6) is 3.66. The van der Waals surface area contributed by atoms with Crippen molar-refractivity contribution in [2.24, 2.45) is 25.9 Å². The predicted octanol–water partition coefficient (Wildman–Crippen LogP) is 2.83. The van der Waals surface area contributed by atoms with Gasteiger partial charge < -0.3 is 10.3 Å². The molecule has 2 aliphatic carbocycles. The highest BCUT2D eigenvalue weighted by Crippen LogP contribution is 2.49. The lowest BCUT2D eigenvalue weighted by molar-refractivity contribution is -0.634. The number of aryl methyl sites for hydroxylation is 2. The Morgan fingerprint density at radius 2 is 2.08 bits per heavy atom. The molecule has 0 spiro atoms. The third kappa shape index (κ3) is 2.26. The van der Waals surface area contributed by atoms with E-state index >= 15 is 0 Å². The molecule has 24 heavy (non-hydrogen) atoms. The number of fused-ring (bicyclic) bond motifs is 3. The summed E-state index contributed by atoms with van der Waals surface area (Å²) in [5.41, 5.74) is 2.00. The summed E-state index contributed by atoms with van der Waals surface area (Å²) in [5, 5.41) is 5.08. The fourth-order valence-corrected chi connectivity index (χ4v) is 4.65. The highest BCUT2D eigenvalue weighted by Gasteiger charge is 2.37. The zero-order chi connectivity index (χ0) is 17.0. The zero-order valence-corrected chi connectivity index (χ0v) is 15.4. The highest BCUT2D eigenvalue weighted by molar-refractivity contribution is 5.84. The molecule has 0 radical (unpaired) electrons. The number of hydrogen-bond acceptors (Lipinski definition) is 3. The van der Waals surface area contributed by atoms with Gasteiger partial charge in [-0.1, -0.05) is 12.8 Å². The molecule has 2 aromatic rings. The molecule has 4 rings (SSSR count). The second-order valence-electron chi connectivity index (χ2n) is 7.86. The van der Waals surface area contributed by atoms with E-state index in [0.29, 0.717) is 12.1 Å². The zero-order valence-electron chi connectivity index (χ0n) is 15.4. The van der Waals surface area contributed by atoms with E-state index in [-0.39, 0.29) is 0 Å². The van der Waals surface area contributed by atoms with Gasteiger partial charge >= 0.3 is 5.95 Å². The van der Waals surface area contributed by atoms with Gasteiger partial charge in [-0.05, 0) is 50.4 Å². The molecule has 2 aromatic heterocycles. The van der Waals surface area contributed by atoms with Crippen LogP contribution in [-0.4, -0.2) is 33.7 Å². The van der Waals surface area contributed by atoms with Crippen molar-refractivity contribution in [1.82, 2.24) is 14.5 Å². The van der Waals surface area contributed by atoms with Crippen LogP contribution in [0, 0.1) is 11.8 Å². The summed E-state index contributed by atoms with van der Waals surface area (Å²) in [7, 11) is 6.30. The van der Waals surface area contributed by atoms with Crippen molar-refractivity contribution in [2.75, 3.05) is 11.9 Å². The first-order valence-corrected chi connectivity index (χ1v) is 9.10. The van der Waals surface area contributed by atoms with Crippen LogP contribution in [0.5, 0.6) is 0 Å².